The summed E-state index contributed by atoms with van der Waals surface area (Å²) in [5.41, 5.74) is 4.63. The highest BCUT2D eigenvalue weighted by Gasteiger charge is 2.61. The molecule has 2 saturated heterocycles. The van der Waals surface area contributed by atoms with E-state index in [9.17, 15) is 32.7 Å². The molecule has 0 bridgehead atoms. The molecule has 1 aromatic rings. The van der Waals surface area contributed by atoms with E-state index in [0.717, 1.165) is 0 Å². The van der Waals surface area contributed by atoms with Crippen LogP contribution in [0.25, 0.3) is 0 Å². The number of β-lactam (4-membered cyclic amide) rings is 1. The lowest BCUT2D eigenvalue weighted by molar-refractivity contribution is -0.192. The summed E-state index contributed by atoms with van der Waals surface area (Å²) in [6.45, 7) is 2.19. The molecule has 11 nitrogen and oxygen atoms in total. The first-order valence-corrected chi connectivity index (χ1v) is 9.51. The first-order chi connectivity index (χ1) is 15.3. The second kappa shape index (κ2) is 8.35. The van der Waals surface area contributed by atoms with Crippen LogP contribution in [0.4, 0.5) is 18.0 Å². The van der Waals surface area contributed by atoms with Crippen LogP contribution in [-0.2, 0) is 24.7 Å². The third-order valence-corrected chi connectivity index (χ3v) is 5.78. The molecule has 1 unspecified atom stereocenters. The Morgan fingerprint density at radius 3 is 2.30 bits per heavy atom. The van der Waals surface area contributed by atoms with Gasteiger partial charge in [-0.1, -0.05) is 0 Å². The number of halogens is 3. The predicted molar refractivity (Wildman–Crippen MR) is 101 cm³/mol. The number of nitrogens with two attached hydrogens (primary N) is 1. The number of aliphatic carboxylic acids is 2. The fourth-order valence-electron chi connectivity index (χ4n) is 4.38. The van der Waals surface area contributed by atoms with Gasteiger partial charge in [-0.3, -0.25) is 14.7 Å². The lowest BCUT2D eigenvalue weighted by atomic mass is 9.73. The number of carboxylic acids is 2. The first kappa shape index (κ1) is 24.0. The molecule has 2 fully saturated rings. The molecule has 0 saturated carbocycles. The Hall–Kier alpha value is -3.68. The normalized spacial score (nSPS) is 25.2. The number of carboxylic acid groups (broad SMARTS) is 2. The Bertz CT molecular complexity index is 1030. The molecule has 33 heavy (non-hydrogen) atoms. The number of ether oxygens (including phenoxy) is 1. The van der Waals surface area contributed by atoms with E-state index < -0.39 is 29.8 Å². The number of hydrogen-bond donors (Lipinski definition) is 4. The quantitative estimate of drug-likeness (QED) is 0.457. The van der Waals surface area contributed by atoms with Crippen LogP contribution in [0.15, 0.2) is 35.8 Å². The third-order valence-electron chi connectivity index (χ3n) is 5.78. The van der Waals surface area contributed by atoms with Gasteiger partial charge in [-0.15, -0.1) is 0 Å². The number of hydrogen-bond acceptors (Lipinski definition) is 7. The second-order valence-electron chi connectivity index (χ2n) is 7.67. The van der Waals surface area contributed by atoms with Gasteiger partial charge in [0.25, 0.3) is 0 Å². The van der Waals surface area contributed by atoms with E-state index in [-0.39, 0.29) is 29.6 Å². The Morgan fingerprint density at radius 1 is 1.24 bits per heavy atom. The molecule has 4 atom stereocenters. The fourth-order valence-corrected chi connectivity index (χ4v) is 4.38. The van der Waals surface area contributed by atoms with Crippen molar-refractivity contribution in [3.05, 3.63) is 41.4 Å². The summed E-state index contributed by atoms with van der Waals surface area (Å²) in [4.78, 5) is 50.2. The summed E-state index contributed by atoms with van der Waals surface area (Å²) in [6, 6.07) is 2.76. The van der Waals surface area contributed by atoms with E-state index in [1.807, 2.05) is 0 Å². The Labute approximate surface area is 184 Å². The van der Waals surface area contributed by atoms with Gasteiger partial charge in [-0.2, -0.15) is 13.2 Å². The highest BCUT2D eigenvalue weighted by atomic mass is 19.4. The number of nitrogens with one attached hydrogen (secondary N) is 1. The maximum Gasteiger partial charge on any atom is 0.490 e. The van der Waals surface area contributed by atoms with Gasteiger partial charge < -0.3 is 26.0 Å². The summed E-state index contributed by atoms with van der Waals surface area (Å²) in [5.74, 6) is -4.21. The zero-order valence-corrected chi connectivity index (χ0v) is 17.0. The van der Waals surface area contributed by atoms with Crippen LogP contribution in [0.1, 0.15) is 18.9 Å². The molecule has 2 amide bonds. The fraction of sp³-hybridized carbons (Fsp3) is 0.421. The maximum atomic E-state index is 12.4. The van der Waals surface area contributed by atoms with Gasteiger partial charge in [0.15, 0.2) is 5.60 Å². The van der Waals surface area contributed by atoms with Crippen LogP contribution in [-0.4, -0.2) is 68.8 Å². The van der Waals surface area contributed by atoms with Crippen molar-refractivity contribution >= 4 is 23.9 Å². The largest absolute Gasteiger partial charge is 0.490 e. The van der Waals surface area contributed by atoms with Crippen LogP contribution < -0.4 is 11.1 Å². The van der Waals surface area contributed by atoms with Gasteiger partial charge in [0.05, 0.1) is 6.04 Å². The smallest absolute Gasteiger partial charge is 0.477 e. The van der Waals surface area contributed by atoms with Crippen LogP contribution in [0.5, 0.6) is 0 Å². The molecule has 178 valence electrons. The number of nitrogens with zero attached hydrogens (tertiary/aromatic N) is 2. The van der Waals surface area contributed by atoms with Crippen LogP contribution in [0, 0.1) is 5.92 Å². The zero-order chi connectivity index (χ0) is 24.7. The van der Waals surface area contributed by atoms with Crippen molar-refractivity contribution in [2.45, 2.75) is 37.2 Å². The number of carbonyl (C=O) groups excluding carboxylic acids is 2. The van der Waals surface area contributed by atoms with Gasteiger partial charge in [0.1, 0.15) is 11.7 Å². The summed E-state index contributed by atoms with van der Waals surface area (Å²) in [6.07, 6.45) is -2.69. The van der Waals surface area contributed by atoms with Gasteiger partial charge >= 0.3 is 24.2 Å². The van der Waals surface area contributed by atoms with Gasteiger partial charge in [-0.25, -0.2) is 14.4 Å². The number of rotatable bonds is 4. The average Bonchev–Trinajstić information content (AvgIpc) is 3.13. The van der Waals surface area contributed by atoms with Crippen molar-refractivity contribution in [1.29, 1.82) is 0 Å². The minimum Gasteiger partial charge on any atom is -0.477 e. The van der Waals surface area contributed by atoms with E-state index in [0.29, 0.717) is 24.1 Å². The molecular formula is C19H19F3N4O7. The Morgan fingerprint density at radius 2 is 1.82 bits per heavy atom. The molecule has 0 aliphatic carbocycles. The SMILES string of the molecule is CC(OC(N)=O)(C1=C(C(=O)O)N2C(=O)[C@H]3NC[C@@H](C1)[C@H]32)c1ccncc1.O=C(O)C(F)(F)F. The predicted octanol–water partition coefficient (Wildman–Crippen LogP) is 0.567. The number of pyridine rings is 1. The van der Waals surface area contributed by atoms with E-state index in [4.69, 9.17) is 20.4 Å². The van der Waals surface area contributed by atoms with Crippen molar-refractivity contribution in [3.63, 3.8) is 0 Å². The van der Waals surface area contributed by atoms with E-state index >= 15 is 0 Å². The number of aromatic nitrogens is 1. The van der Waals surface area contributed by atoms with Gasteiger partial charge in [0.2, 0.25) is 5.91 Å². The van der Waals surface area contributed by atoms with E-state index in [1.54, 1.807) is 19.1 Å². The molecule has 3 aliphatic rings. The molecule has 1 aromatic heterocycles. The zero-order valence-electron chi connectivity index (χ0n) is 17.0. The average molecular weight is 472 g/mol. The summed E-state index contributed by atoms with van der Waals surface area (Å²) < 4.78 is 37.2. The van der Waals surface area contributed by atoms with Crippen molar-refractivity contribution in [3.8, 4) is 0 Å². The van der Waals surface area contributed by atoms with E-state index in [1.165, 1.54) is 17.3 Å². The molecular weight excluding hydrogens is 453 g/mol. The molecule has 0 aromatic carbocycles. The monoisotopic (exact) mass is 472 g/mol. The highest BCUT2D eigenvalue weighted by Crippen LogP contribution is 2.49. The van der Waals surface area contributed by atoms with Crippen molar-refractivity contribution < 1.29 is 47.3 Å². The summed E-state index contributed by atoms with van der Waals surface area (Å²) in [5, 5.41) is 20.1. The topological polar surface area (TPSA) is 172 Å². The second-order valence-corrected chi connectivity index (χ2v) is 7.67. The lowest BCUT2D eigenvalue weighted by Gasteiger charge is -2.50. The lowest BCUT2D eigenvalue weighted by Crippen LogP contribution is -2.69. The first-order valence-electron chi connectivity index (χ1n) is 9.51. The highest BCUT2D eigenvalue weighted by molar-refractivity contribution is 6.01. The molecule has 14 heteroatoms. The van der Waals surface area contributed by atoms with Gasteiger partial charge in [0, 0.05) is 30.1 Å². The minimum absolute atomic E-state index is 0.0495. The molecule has 3 aliphatic heterocycles. The van der Waals surface area contributed by atoms with Crippen molar-refractivity contribution in [2.24, 2.45) is 11.7 Å². The van der Waals surface area contributed by atoms with Crippen LogP contribution in [0.2, 0.25) is 0 Å². The summed E-state index contributed by atoms with van der Waals surface area (Å²) >= 11 is 0. The molecule has 4 heterocycles. The van der Waals surface area contributed by atoms with Crippen LogP contribution >= 0.6 is 0 Å². The van der Waals surface area contributed by atoms with Crippen molar-refractivity contribution in [2.75, 3.05) is 6.54 Å². The standard InChI is InChI=1S/C17H18N4O5.C2HF3O2/c1-17(26-16(18)25,9-2-4-19-5-3-9)10-6-8-7-20-11-12(8)21(14(11)22)13(10)15(23)24;3-2(4,5)1(6)7/h2-5,8,11-12,20H,6-7H2,1H3,(H2,18,25)(H,23,24);(H,6,7)/t8-,11+,12-,17?;/m1./s1. The number of carbonyl (C=O) groups is 4. The number of primary amides is 1. The Kier molecular flexibility index (Phi) is 6.06. The molecule has 5 N–H and O–H groups in total. The Balaban J connectivity index is 0.000000383. The molecule has 4 rings (SSSR count). The van der Waals surface area contributed by atoms with Gasteiger partial charge in [-0.05, 0) is 31.4 Å². The van der Waals surface area contributed by atoms with Crippen LogP contribution in [0.3, 0.4) is 0 Å². The molecule has 0 spiro atoms. The van der Waals surface area contributed by atoms with E-state index in [2.05, 4.69) is 10.3 Å². The number of amides is 2. The third kappa shape index (κ3) is 4.20. The minimum atomic E-state index is -5.08. The number of alkyl halides is 3. The molecule has 0 radical (unpaired) electrons. The van der Waals surface area contributed by atoms with Crippen molar-refractivity contribution in [1.82, 2.24) is 15.2 Å². The maximum absolute atomic E-state index is 12.4. The summed E-state index contributed by atoms with van der Waals surface area (Å²) in [7, 11) is 0.